The first-order chi connectivity index (χ1) is 8.80. The second-order valence-corrected chi connectivity index (χ2v) is 5.85. The fraction of sp³-hybridized carbons (Fsp3) is 0.571. The van der Waals surface area contributed by atoms with Gasteiger partial charge in [-0.3, -0.25) is 0 Å². The van der Waals surface area contributed by atoms with Crippen molar-refractivity contribution in [3.63, 3.8) is 0 Å². The molecule has 2 N–H and O–H groups in total. The first-order valence-electron chi connectivity index (χ1n) is 6.36. The SMILES string of the molecule is CNC1c2cc(OC)ccc2CCC1SCCO. The maximum Gasteiger partial charge on any atom is 0.119 e. The zero-order valence-corrected chi connectivity index (χ0v) is 11.8. The summed E-state index contributed by atoms with van der Waals surface area (Å²) in [7, 11) is 3.71. The number of ether oxygens (including phenoxy) is 1. The van der Waals surface area contributed by atoms with Gasteiger partial charge < -0.3 is 15.2 Å². The lowest BCUT2D eigenvalue weighted by Crippen LogP contribution is -2.32. The van der Waals surface area contributed by atoms with E-state index in [9.17, 15) is 0 Å². The monoisotopic (exact) mass is 267 g/mol. The molecule has 3 nitrogen and oxygen atoms in total. The first-order valence-corrected chi connectivity index (χ1v) is 7.41. The molecule has 2 atom stereocenters. The summed E-state index contributed by atoms with van der Waals surface area (Å²) in [5.41, 5.74) is 2.76. The Morgan fingerprint density at radius 3 is 3.00 bits per heavy atom. The Morgan fingerprint density at radius 1 is 1.50 bits per heavy atom. The molecule has 0 aromatic heterocycles. The number of hydrogen-bond acceptors (Lipinski definition) is 4. The number of aliphatic hydroxyl groups excluding tert-OH is 1. The van der Waals surface area contributed by atoms with Gasteiger partial charge in [-0.05, 0) is 43.1 Å². The van der Waals surface area contributed by atoms with Crippen LogP contribution in [-0.2, 0) is 6.42 Å². The Morgan fingerprint density at radius 2 is 2.33 bits per heavy atom. The number of aliphatic hydroxyl groups is 1. The van der Waals surface area contributed by atoms with Crippen LogP contribution < -0.4 is 10.1 Å². The van der Waals surface area contributed by atoms with Crippen molar-refractivity contribution in [2.24, 2.45) is 0 Å². The van der Waals surface area contributed by atoms with Crippen LogP contribution in [0.1, 0.15) is 23.6 Å². The highest BCUT2D eigenvalue weighted by Gasteiger charge is 2.28. The van der Waals surface area contributed by atoms with Crippen molar-refractivity contribution < 1.29 is 9.84 Å². The third-order valence-electron chi connectivity index (χ3n) is 3.49. The summed E-state index contributed by atoms with van der Waals surface area (Å²) >= 11 is 1.85. The van der Waals surface area contributed by atoms with Crippen LogP contribution in [-0.4, -0.2) is 36.9 Å². The number of thioether (sulfide) groups is 1. The maximum atomic E-state index is 8.97. The van der Waals surface area contributed by atoms with Gasteiger partial charge in [0.05, 0.1) is 13.7 Å². The van der Waals surface area contributed by atoms with Crippen LogP contribution in [0, 0.1) is 0 Å². The molecule has 0 bridgehead atoms. The van der Waals surface area contributed by atoms with E-state index in [0.29, 0.717) is 11.3 Å². The fourth-order valence-corrected chi connectivity index (χ4v) is 3.77. The van der Waals surface area contributed by atoms with Crippen molar-refractivity contribution in [3.05, 3.63) is 29.3 Å². The van der Waals surface area contributed by atoms with E-state index < -0.39 is 0 Å². The van der Waals surface area contributed by atoms with Crippen LogP contribution in [0.2, 0.25) is 0 Å². The number of methoxy groups -OCH3 is 1. The van der Waals surface area contributed by atoms with Crippen LogP contribution in [0.25, 0.3) is 0 Å². The van der Waals surface area contributed by atoms with Crippen LogP contribution in [0.3, 0.4) is 0 Å². The smallest absolute Gasteiger partial charge is 0.119 e. The first kappa shape index (κ1) is 13.7. The average molecular weight is 267 g/mol. The molecule has 1 aliphatic rings. The average Bonchev–Trinajstić information content (AvgIpc) is 2.43. The molecule has 2 unspecified atom stereocenters. The Hall–Kier alpha value is -0.710. The highest BCUT2D eigenvalue weighted by molar-refractivity contribution is 7.99. The normalized spacial score (nSPS) is 22.6. The van der Waals surface area contributed by atoms with Gasteiger partial charge in [0.2, 0.25) is 0 Å². The summed E-state index contributed by atoms with van der Waals surface area (Å²) in [6, 6.07) is 6.70. The molecule has 1 aromatic rings. The Bertz CT molecular complexity index is 397. The predicted molar refractivity (Wildman–Crippen MR) is 76.4 cm³/mol. The highest BCUT2D eigenvalue weighted by Crippen LogP contribution is 2.38. The summed E-state index contributed by atoms with van der Waals surface area (Å²) in [5, 5.41) is 12.9. The second kappa shape index (κ2) is 6.45. The maximum absolute atomic E-state index is 8.97. The van der Waals surface area contributed by atoms with E-state index in [0.717, 1.165) is 24.3 Å². The predicted octanol–water partition coefficient (Wildman–Crippen LogP) is 2.00. The fourth-order valence-electron chi connectivity index (χ4n) is 2.61. The van der Waals surface area contributed by atoms with Gasteiger partial charge in [-0.15, -0.1) is 0 Å². The lowest BCUT2D eigenvalue weighted by Gasteiger charge is -2.33. The number of benzene rings is 1. The second-order valence-electron chi connectivity index (χ2n) is 4.50. The van der Waals surface area contributed by atoms with Gasteiger partial charge in [0, 0.05) is 17.0 Å². The Labute approximate surface area is 113 Å². The summed E-state index contributed by atoms with van der Waals surface area (Å²) in [4.78, 5) is 0. The number of fused-ring (bicyclic) bond motifs is 1. The zero-order chi connectivity index (χ0) is 13.0. The molecule has 4 heteroatoms. The minimum absolute atomic E-state index is 0.253. The number of aryl methyl sites for hydroxylation is 1. The van der Waals surface area contributed by atoms with E-state index in [2.05, 4.69) is 17.4 Å². The quantitative estimate of drug-likeness (QED) is 0.856. The number of hydrogen-bond donors (Lipinski definition) is 2. The molecular formula is C14H21NO2S. The number of rotatable bonds is 5. The van der Waals surface area contributed by atoms with E-state index in [-0.39, 0.29) is 6.61 Å². The van der Waals surface area contributed by atoms with Gasteiger partial charge in [-0.2, -0.15) is 11.8 Å². The standard InChI is InChI=1S/C14H21NO2S/c1-15-14-12-9-11(17-2)5-3-10(12)4-6-13(14)18-8-7-16/h3,5,9,13-16H,4,6-8H2,1-2H3. The molecule has 0 spiro atoms. The van der Waals surface area contributed by atoms with Gasteiger partial charge in [0.25, 0.3) is 0 Å². The van der Waals surface area contributed by atoms with Crippen molar-refractivity contribution in [1.82, 2.24) is 5.32 Å². The van der Waals surface area contributed by atoms with Gasteiger partial charge >= 0.3 is 0 Å². The highest BCUT2D eigenvalue weighted by atomic mass is 32.2. The summed E-state index contributed by atoms with van der Waals surface area (Å²) in [5.74, 6) is 1.73. The molecule has 0 saturated carbocycles. The third-order valence-corrected chi connectivity index (χ3v) is 4.85. The van der Waals surface area contributed by atoms with E-state index >= 15 is 0 Å². The molecule has 0 radical (unpaired) electrons. The summed E-state index contributed by atoms with van der Waals surface area (Å²) in [6.45, 7) is 0.253. The lowest BCUT2D eigenvalue weighted by molar-refractivity contribution is 0.322. The molecular weight excluding hydrogens is 246 g/mol. The molecule has 18 heavy (non-hydrogen) atoms. The van der Waals surface area contributed by atoms with Crippen LogP contribution in [0.4, 0.5) is 0 Å². The molecule has 0 heterocycles. The van der Waals surface area contributed by atoms with Gasteiger partial charge in [-0.25, -0.2) is 0 Å². The van der Waals surface area contributed by atoms with E-state index in [1.807, 2.05) is 24.9 Å². The molecule has 0 amide bonds. The molecule has 0 saturated heterocycles. The Kier molecular flexibility index (Phi) is 4.92. The molecule has 100 valence electrons. The minimum Gasteiger partial charge on any atom is -0.497 e. The van der Waals surface area contributed by atoms with Crippen molar-refractivity contribution in [2.75, 3.05) is 26.5 Å². The topological polar surface area (TPSA) is 41.5 Å². The zero-order valence-electron chi connectivity index (χ0n) is 11.0. The van der Waals surface area contributed by atoms with E-state index in [4.69, 9.17) is 9.84 Å². The summed E-state index contributed by atoms with van der Waals surface area (Å²) < 4.78 is 5.31. The molecule has 0 aliphatic heterocycles. The molecule has 0 fully saturated rings. The van der Waals surface area contributed by atoms with Crippen LogP contribution in [0.15, 0.2) is 18.2 Å². The van der Waals surface area contributed by atoms with Crippen molar-refractivity contribution in [1.29, 1.82) is 0 Å². The third kappa shape index (κ3) is 2.82. The van der Waals surface area contributed by atoms with Gasteiger partial charge in [0.1, 0.15) is 5.75 Å². The van der Waals surface area contributed by atoms with Gasteiger partial charge in [0.15, 0.2) is 0 Å². The molecule has 2 rings (SSSR count). The lowest BCUT2D eigenvalue weighted by atomic mass is 9.87. The van der Waals surface area contributed by atoms with Crippen molar-refractivity contribution in [2.45, 2.75) is 24.1 Å². The number of nitrogens with one attached hydrogen (secondary N) is 1. The summed E-state index contributed by atoms with van der Waals surface area (Å²) in [6.07, 6.45) is 2.27. The molecule has 1 aliphatic carbocycles. The minimum atomic E-state index is 0.253. The molecule has 1 aromatic carbocycles. The van der Waals surface area contributed by atoms with Crippen LogP contribution in [0.5, 0.6) is 5.75 Å². The largest absolute Gasteiger partial charge is 0.497 e. The van der Waals surface area contributed by atoms with E-state index in [1.165, 1.54) is 11.1 Å². The Balaban J connectivity index is 2.23. The van der Waals surface area contributed by atoms with Gasteiger partial charge in [-0.1, -0.05) is 6.07 Å². The van der Waals surface area contributed by atoms with Crippen LogP contribution >= 0.6 is 11.8 Å². The van der Waals surface area contributed by atoms with Crippen molar-refractivity contribution >= 4 is 11.8 Å². The van der Waals surface area contributed by atoms with E-state index in [1.54, 1.807) is 7.11 Å². The van der Waals surface area contributed by atoms with Crippen molar-refractivity contribution in [3.8, 4) is 5.75 Å².